The zero-order valence-corrected chi connectivity index (χ0v) is 19.7. The maximum Gasteiger partial charge on any atom is 0.306 e. The summed E-state index contributed by atoms with van der Waals surface area (Å²) >= 11 is 0. The number of halogens is 2. The van der Waals surface area contributed by atoms with Crippen LogP contribution >= 0.6 is 0 Å². The predicted octanol–water partition coefficient (Wildman–Crippen LogP) is 4.07. The molecule has 1 saturated heterocycles. The summed E-state index contributed by atoms with van der Waals surface area (Å²) in [4.78, 5) is 25.9. The molecule has 1 saturated carbocycles. The molecule has 1 aliphatic heterocycles. The van der Waals surface area contributed by atoms with Crippen molar-refractivity contribution >= 4 is 21.7 Å². The highest BCUT2D eigenvalue weighted by Gasteiger charge is 2.53. The van der Waals surface area contributed by atoms with Gasteiger partial charge in [0.2, 0.25) is 5.91 Å². The number of carbonyl (C=O) groups excluding carboxylic acids is 1. The van der Waals surface area contributed by atoms with Crippen molar-refractivity contribution in [1.29, 1.82) is 0 Å². The first-order valence-electron chi connectivity index (χ1n) is 11.3. The highest BCUT2D eigenvalue weighted by Crippen LogP contribution is 2.44. The van der Waals surface area contributed by atoms with Crippen molar-refractivity contribution in [2.75, 3.05) is 13.1 Å². The number of aliphatic carboxylic acids is 1. The van der Waals surface area contributed by atoms with E-state index in [1.807, 2.05) is 0 Å². The molecule has 0 spiro atoms. The van der Waals surface area contributed by atoms with Crippen molar-refractivity contribution in [3.8, 4) is 0 Å². The molecular formula is C25H27F2NO5S. The van der Waals surface area contributed by atoms with E-state index in [1.165, 1.54) is 29.2 Å². The molecule has 6 nitrogen and oxygen atoms in total. The summed E-state index contributed by atoms with van der Waals surface area (Å²) in [5, 5.41) is 9.21. The third-order valence-corrected chi connectivity index (χ3v) is 9.80. The first-order chi connectivity index (χ1) is 16.0. The summed E-state index contributed by atoms with van der Waals surface area (Å²) in [6, 6.07) is 8.81. The van der Waals surface area contributed by atoms with Gasteiger partial charge in [0.15, 0.2) is 9.84 Å². The number of aryl methyl sites for hydroxylation is 1. The van der Waals surface area contributed by atoms with Crippen LogP contribution in [0.25, 0.3) is 0 Å². The standard InChI is InChI=1S/C25H27F2NO5S/c1-16-2-7-19(14-22(16)27)25(34(32,33)21-10-8-20(26)9-11-21)12-13-28(15-25)23(29)17-3-5-18(6-4-17)24(30)31/h2,7-11,14,17-18H,3-6,12-13,15H2,1H3,(H,30,31). The fraction of sp³-hybridized carbons (Fsp3) is 0.440. The monoisotopic (exact) mass is 491 g/mol. The number of hydrogen-bond acceptors (Lipinski definition) is 4. The normalized spacial score (nSPS) is 25.3. The van der Waals surface area contributed by atoms with Crippen LogP contribution in [-0.4, -0.2) is 43.4 Å². The number of carboxylic acids is 1. The molecule has 2 aliphatic rings. The maximum absolute atomic E-state index is 14.5. The fourth-order valence-corrected chi connectivity index (χ4v) is 7.21. The second-order valence-corrected chi connectivity index (χ2v) is 11.6. The Morgan fingerprint density at radius 3 is 2.21 bits per heavy atom. The summed E-state index contributed by atoms with van der Waals surface area (Å²) in [5.74, 6) is -3.01. The molecule has 9 heteroatoms. The summed E-state index contributed by atoms with van der Waals surface area (Å²) in [6.45, 7) is 1.61. The van der Waals surface area contributed by atoms with Gasteiger partial charge in [0, 0.05) is 19.0 Å². The second kappa shape index (κ2) is 9.09. The number of carbonyl (C=O) groups is 2. The first kappa shape index (κ1) is 24.3. The van der Waals surface area contributed by atoms with E-state index in [9.17, 15) is 31.9 Å². The number of sulfone groups is 1. The van der Waals surface area contributed by atoms with Gasteiger partial charge in [-0.1, -0.05) is 12.1 Å². The van der Waals surface area contributed by atoms with Gasteiger partial charge in [-0.15, -0.1) is 0 Å². The number of nitrogens with zero attached hydrogens (tertiary/aromatic N) is 1. The Morgan fingerprint density at radius 1 is 1.00 bits per heavy atom. The lowest BCUT2D eigenvalue weighted by Crippen LogP contribution is -2.43. The van der Waals surface area contributed by atoms with E-state index in [-0.39, 0.29) is 41.8 Å². The molecule has 34 heavy (non-hydrogen) atoms. The van der Waals surface area contributed by atoms with Crippen LogP contribution in [-0.2, 0) is 24.2 Å². The van der Waals surface area contributed by atoms with Crippen LogP contribution in [0, 0.1) is 30.4 Å². The number of likely N-dealkylation sites (tertiary alicyclic amines) is 1. The van der Waals surface area contributed by atoms with Gasteiger partial charge in [-0.25, -0.2) is 17.2 Å². The van der Waals surface area contributed by atoms with Crippen LogP contribution in [0.2, 0.25) is 0 Å². The van der Waals surface area contributed by atoms with Crippen LogP contribution in [0.5, 0.6) is 0 Å². The van der Waals surface area contributed by atoms with Gasteiger partial charge in [0.05, 0.1) is 10.8 Å². The molecule has 4 rings (SSSR count). The lowest BCUT2D eigenvalue weighted by molar-refractivity contribution is -0.145. The molecule has 0 bridgehead atoms. The Kier molecular flexibility index (Phi) is 6.50. The molecule has 182 valence electrons. The van der Waals surface area contributed by atoms with Crippen LogP contribution in [0.1, 0.15) is 43.2 Å². The minimum absolute atomic E-state index is 0.0748. The third-order valence-electron chi connectivity index (χ3n) is 7.31. The van der Waals surface area contributed by atoms with Gasteiger partial charge >= 0.3 is 5.97 Å². The third kappa shape index (κ3) is 4.21. The molecule has 1 aliphatic carbocycles. The fourth-order valence-electron chi connectivity index (χ4n) is 5.14. The minimum atomic E-state index is -4.12. The molecule has 2 aromatic rings. The molecule has 2 fully saturated rings. The second-order valence-electron chi connectivity index (χ2n) is 9.31. The Balaban J connectivity index is 1.68. The molecule has 1 amide bonds. The lowest BCUT2D eigenvalue weighted by atomic mass is 9.81. The van der Waals surface area contributed by atoms with E-state index in [4.69, 9.17) is 0 Å². The van der Waals surface area contributed by atoms with Crippen LogP contribution in [0.15, 0.2) is 47.4 Å². The van der Waals surface area contributed by atoms with Gasteiger partial charge < -0.3 is 10.0 Å². The summed E-state index contributed by atoms with van der Waals surface area (Å²) in [6.07, 6.45) is 1.75. The van der Waals surface area contributed by atoms with E-state index < -0.39 is 38.1 Å². The zero-order chi connectivity index (χ0) is 24.7. The Labute approximate surface area is 197 Å². The van der Waals surface area contributed by atoms with E-state index in [0.717, 1.165) is 12.1 Å². The molecule has 1 atom stereocenters. The molecular weight excluding hydrogens is 464 g/mol. The largest absolute Gasteiger partial charge is 0.481 e. The number of benzene rings is 2. The summed E-state index contributed by atoms with van der Waals surface area (Å²) in [7, 11) is -4.12. The van der Waals surface area contributed by atoms with Crippen LogP contribution < -0.4 is 0 Å². The number of rotatable bonds is 5. The Hall–Kier alpha value is -2.81. The summed E-state index contributed by atoms with van der Waals surface area (Å²) < 4.78 is 54.2. The molecule has 1 N–H and O–H groups in total. The van der Waals surface area contributed by atoms with E-state index in [0.29, 0.717) is 31.2 Å². The smallest absolute Gasteiger partial charge is 0.306 e. The van der Waals surface area contributed by atoms with Gasteiger partial charge in [0.1, 0.15) is 16.4 Å². The maximum atomic E-state index is 14.5. The number of carboxylic acid groups (broad SMARTS) is 1. The molecule has 1 unspecified atom stereocenters. The van der Waals surface area contributed by atoms with Crippen molar-refractivity contribution in [3.05, 3.63) is 65.2 Å². The average Bonchev–Trinajstić information content (AvgIpc) is 3.28. The summed E-state index contributed by atoms with van der Waals surface area (Å²) in [5.41, 5.74) is 0.629. The molecule has 0 radical (unpaired) electrons. The van der Waals surface area contributed by atoms with Gasteiger partial charge in [-0.3, -0.25) is 9.59 Å². The zero-order valence-electron chi connectivity index (χ0n) is 18.8. The first-order valence-corrected chi connectivity index (χ1v) is 12.8. The Bertz CT molecular complexity index is 1210. The SMILES string of the molecule is Cc1ccc(C2(S(=O)(=O)c3ccc(F)cc3)CCN(C(=O)C3CCC(C(=O)O)CC3)C2)cc1F. The van der Waals surface area contributed by atoms with Crippen molar-refractivity contribution in [2.45, 2.75) is 48.7 Å². The van der Waals surface area contributed by atoms with E-state index in [2.05, 4.69) is 0 Å². The van der Waals surface area contributed by atoms with Crippen molar-refractivity contribution in [2.24, 2.45) is 11.8 Å². The van der Waals surface area contributed by atoms with Gasteiger partial charge in [0.25, 0.3) is 0 Å². The topological polar surface area (TPSA) is 91.8 Å². The van der Waals surface area contributed by atoms with Crippen LogP contribution in [0.4, 0.5) is 8.78 Å². The highest BCUT2D eigenvalue weighted by molar-refractivity contribution is 7.92. The number of amides is 1. The van der Waals surface area contributed by atoms with Crippen molar-refractivity contribution < 1.29 is 31.9 Å². The van der Waals surface area contributed by atoms with Gasteiger partial charge in [-0.2, -0.15) is 0 Å². The van der Waals surface area contributed by atoms with E-state index in [1.54, 1.807) is 13.0 Å². The van der Waals surface area contributed by atoms with E-state index >= 15 is 0 Å². The highest BCUT2D eigenvalue weighted by atomic mass is 32.2. The molecule has 0 aromatic heterocycles. The van der Waals surface area contributed by atoms with Crippen LogP contribution in [0.3, 0.4) is 0 Å². The van der Waals surface area contributed by atoms with Gasteiger partial charge in [-0.05, 0) is 80.5 Å². The predicted molar refractivity (Wildman–Crippen MR) is 121 cm³/mol. The average molecular weight is 492 g/mol. The molecule has 2 aromatic carbocycles. The van der Waals surface area contributed by atoms with Crippen molar-refractivity contribution in [1.82, 2.24) is 4.90 Å². The molecule has 1 heterocycles. The minimum Gasteiger partial charge on any atom is -0.481 e. The number of hydrogen-bond donors (Lipinski definition) is 1. The quantitative estimate of drug-likeness (QED) is 0.637. The lowest BCUT2D eigenvalue weighted by Gasteiger charge is -2.32. The Morgan fingerprint density at radius 2 is 1.62 bits per heavy atom. The van der Waals surface area contributed by atoms with Crippen molar-refractivity contribution in [3.63, 3.8) is 0 Å².